The fraction of sp³-hybridized carbons (Fsp3) is 0.429. The predicted octanol–water partition coefficient (Wildman–Crippen LogP) is 8.21. The molecule has 0 fully saturated rings. The molecule has 228 valence electrons. The zero-order valence-electron chi connectivity index (χ0n) is 26.4. The molecule has 2 aromatic carbocycles. The normalized spacial score (nSPS) is 11.5. The summed E-state index contributed by atoms with van der Waals surface area (Å²) in [5, 5.41) is 0. The van der Waals surface area contributed by atoms with Crippen LogP contribution in [0.4, 0.5) is 10.6 Å². The maximum atomic E-state index is 12.9. The maximum Gasteiger partial charge on any atom is 0.415 e. The van der Waals surface area contributed by atoms with Crippen LogP contribution in [0.15, 0.2) is 60.7 Å². The summed E-state index contributed by atoms with van der Waals surface area (Å²) in [5.41, 5.74) is 4.36. The third-order valence-electron chi connectivity index (χ3n) is 7.06. The molecular weight excluding hydrogens is 540 g/mol. The number of fused-ring (bicyclic) bond motifs is 1. The van der Waals surface area contributed by atoms with Crippen LogP contribution in [0.25, 0.3) is 22.3 Å². The largest absolute Gasteiger partial charge is 0.456 e. The van der Waals surface area contributed by atoms with Crippen molar-refractivity contribution in [2.24, 2.45) is 0 Å². The number of hydrogen-bond donors (Lipinski definition) is 0. The van der Waals surface area contributed by atoms with E-state index in [0.717, 1.165) is 65.8 Å². The molecule has 0 saturated heterocycles. The molecule has 2 heterocycles. The number of unbranched alkanes of at least 4 members (excludes halogenated alkanes) is 2. The molecule has 0 spiro atoms. The summed E-state index contributed by atoms with van der Waals surface area (Å²) in [6, 6.07) is 19.6. The molecule has 0 aliphatic carbocycles. The number of aromatic nitrogens is 3. The number of hydrogen-bond acceptors (Lipinski definition) is 6. The van der Waals surface area contributed by atoms with E-state index in [1.165, 1.54) is 0 Å². The molecule has 0 unspecified atom stereocenters. The fourth-order valence-corrected chi connectivity index (χ4v) is 4.92. The van der Waals surface area contributed by atoms with E-state index in [4.69, 9.17) is 19.4 Å². The van der Waals surface area contributed by atoms with Gasteiger partial charge in [-0.2, -0.15) is 0 Å². The van der Waals surface area contributed by atoms with Crippen molar-refractivity contribution in [3.05, 3.63) is 77.6 Å². The number of esters is 1. The number of rotatable bonds is 12. The average molecular weight is 585 g/mol. The van der Waals surface area contributed by atoms with E-state index < -0.39 is 5.60 Å². The topological polar surface area (TPSA) is 86.6 Å². The molecule has 4 rings (SSSR count). The predicted molar refractivity (Wildman–Crippen MR) is 172 cm³/mol. The van der Waals surface area contributed by atoms with Crippen LogP contribution in [0.2, 0.25) is 0 Å². The second-order valence-corrected chi connectivity index (χ2v) is 11.7. The highest BCUT2D eigenvalue weighted by Gasteiger charge is 2.22. The van der Waals surface area contributed by atoms with E-state index >= 15 is 0 Å². The van der Waals surface area contributed by atoms with Crippen LogP contribution in [0.1, 0.15) is 89.0 Å². The van der Waals surface area contributed by atoms with Crippen molar-refractivity contribution in [1.82, 2.24) is 14.5 Å². The molecular formula is C35H44N4O4. The SMILES string of the molecule is CCCCc1nc2ccc(N(CCCC)C(=O)OCC)nc2n1Cc1ccc(-c2ccccc2C(=O)OC(C)(C)C)cc1. The van der Waals surface area contributed by atoms with Crippen LogP contribution in [-0.4, -0.2) is 45.4 Å². The zero-order valence-corrected chi connectivity index (χ0v) is 26.4. The molecule has 43 heavy (non-hydrogen) atoms. The number of carbonyl (C=O) groups is 2. The van der Waals surface area contributed by atoms with Gasteiger partial charge < -0.3 is 14.0 Å². The second kappa shape index (κ2) is 14.3. The van der Waals surface area contributed by atoms with E-state index in [2.05, 4.69) is 30.5 Å². The summed E-state index contributed by atoms with van der Waals surface area (Å²) in [6.45, 7) is 13.1. The summed E-state index contributed by atoms with van der Waals surface area (Å²) < 4.78 is 13.1. The van der Waals surface area contributed by atoms with Gasteiger partial charge in [-0.25, -0.2) is 19.6 Å². The smallest absolute Gasteiger partial charge is 0.415 e. The highest BCUT2D eigenvalue weighted by atomic mass is 16.6. The molecule has 2 aromatic heterocycles. The van der Waals surface area contributed by atoms with Gasteiger partial charge in [-0.1, -0.05) is 69.2 Å². The van der Waals surface area contributed by atoms with Crippen LogP contribution in [0.3, 0.4) is 0 Å². The molecule has 8 heteroatoms. The Bertz CT molecular complexity index is 1540. The number of pyridine rings is 1. The van der Waals surface area contributed by atoms with Gasteiger partial charge in [-0.05, 0) is 75.4 Å². The van der Waals surface area contributed by atoms with E-state index in [1.54, 1.807) is 11.0 Å². The van der Waals surface area contributed by atoms with Gasteiger partial charge in [0.25, 0.3) is 0 Å². The Morgan fingerprint density at radius 3 is 2.28 bits per heavy atom. The Morgan fingerprint density at radius 2 is 1.60 bits per heavy atom. The Hall–Kier alpha value is -4.20. The van der Waals surface area contributed by atoms with E-state index in [1.807, 2.05) is 70.2 Å². The summed E-state index contributed by atoms with van der Waals surface area (Å²) in [5.74, 6) is 1.20. The zero-order chi connectivity index (χ0) is 31.0. The molecule has 0 N–H and O–H groups in total. The van der Waals surface area contributed by atoms with E-state index in [0.29, 0.717) is 31.1 Å². The van der Waals surface area contributed by atoms with Crippen LogP contribution in [0.5, 0.6) is 0 Å². The highest BCUT2D eigenvalue weighted by molar-refractivity contribution is 5.97. The minimum absolute atomic E-state index is 0.307. The summed E-state index contributed by atoms with van der Waals surface area (Å²) in [4.78, 5) is 37.2. The lowest BCUT2D eigenvalue weighted by Gasteiger charge is -2.21. The standard InChI is InChI=1S/C35H44N4O4/c1-7-10-16-30-36-29-21-22-31(38(23-11-8-2)34(41)42-9-3)37-32(29)39(30)24-25-17-19-26(20-18-25)27-14-12-13-15-28(27)33(40)43-35(4,5)6/h12-15,17-22H,7-11,16,23-24H2,1-6H3. The molecule has 4 aromatic rings. The number of aryl methyl sites for hydroxylation is 1. The minimum Gasteiger partial charge on any atom is -0.456 e. The van der Waals surface area contributed by atoms with Crippen molar-refractivity contribution < 1.29 is 19.1 Å². The summed E-state index contributed by atoms with van der Waals surface area (Å²) >= 11 is 0. The Kier molecular flexibility index (Phi) is 10.6. The fourth-order valence-electron chi connectivity index (χ4n) is 4.92. The number of amides is 1. The third kappa shape index (κ3) is 8.00. The number of anilines is 1. The van der Waals surface area contributed by atoms with Gasteiger partial charge in [0.05, 0.1) is 18.7 Å². The van der Waals surface area contributed by atoms with Gasteiger partial charge >= 0.3 is 12.1 Å². The van der Waals surface area contributed by atoms with Gasteiger partial charge in [0.1, 0.15) is 22.8 Å². The Labute approximate surface area is 255 Å². The molecule has 0 aliphatic rings. The number of benzene rings is 2. The van der Waals surface area contributed by atoms with Crippen LogP contribution in [0, 0.1) is 0 Å². The first-order valence-corrected chi connectivity index (χ1v) is 15.4. The van der Waals surface area contributed by atoms with Crippen molar-refractivity contribution in [3.63, 3.8) is 0 Å². The number of ether oxygens (including phenoxy) is 2. The minimum atomic E-state index is -0.575. The number of imidazole rings is 1. The second-order valence-electron chi connectivity index (χ2n) is 11.7. The van der Waals surface area contributed by atoms with Crippen molar-refractivity contribution in [2.45, 2.75) is 85.8 Å². The Morgan fingerprint density at radius 1 is 0.884 bits per heavy atom. The van der Waals surface area contributed by atoms with Crippen LogP contribution >= 0.6 is 0 Å². The van der Waals surface area contributed by atoms with Gasteiger partial charge in [-0.3, -0.25) is 4.90 Å². The lowest BCUT2D eigenvalue weighted by molar-refractivity contribution is 0.00703. The number of carbonyl (C=O) groups excluding carboxylic acids is 2. The summed E-state index contributed by atoms with van der Waals surface area (Å²) in [7, 11) is 0. The third-order valence-corrected chi connectivity index (χ3v) is 7.06. The van der Waals surface area contributed by atoms with Crippen molar-refractivity contribution in [3.8, 4) is 11.1 Å². The van der Waals surface area contributed by atoms with Gasteiger partial charge in [0.2, 0.25) is 0 Å². The average Bonchev–Trinajstić information content (AvgIpc) is 3.32. The van der Waals surface area contributed by atoms with Crippen molar-refractivity contribution in [2.75, 3.05) is 18.1 Å². The quantitative estimate of drug-likeness (QED) is 0.156. The van der Waals surface area contributed by atoms with E-state index in [-0.39, 0.29) is 12.1 Å². The van der Waals surface area contributed by atoms with Crippen molar-refractivity contribution in [1.29, 1.82) is 0 Å². The van der Waals surface area contributed by atoms with Crippen molar-refractivity contribution >= 4 is 29.0 Å². The van der Waals surface area contributed by atoms with Gasteiger partial charge in [0.15, 0.2) is 5.65 Å². The molecule has 0 radical (unpaired) electrons. The molecule has 8 nitrogen and oxygen atoms in total. The molecule has 1 amide bonds. The first kappa shape index (κ1) is 31.7. The van der Waals surface area contributed by atoms with Crippen LogP contribution in [-0.2, 0) is 22.4 Å². The summed E-state index contributed by atoms with van der Waals surface area (Å²) in [6.07, 6.45) is 4.32. The maximum absolute atomic E-state index is 12.9. The van der Waals surface area contributed by atoms with Gasteiger partial charge in [0, 0.05) is 13.0 Å². The lowest BCUT2D eigenvalue weighted by Crippen LogP contribution is -2.33. The first-order chi connectivity index (χ1) is 20.6. The first-order valence-electron chi connectivity index (χ1n) is 15.4. The van der Waals surface area contributed by atoms with E-state index in [9.17, 15) is 9.59 Å². The van der Waals surface area contributed by atoms with Crippen LogP contribution < -0.4 is 4.90 Å². The molecule has 0 bridgehead atoms. The molecule has 0 aliphatic heterocycles. The Balaban J connectivity index is 1.68. The number of nitrogens with zero attached hydrogens (tertiary/aromatic N) is 4. The molecule has 0 saturated carbocycles. The molecule has 0 atom stereocenters. The van der Waals surface area contributed by atoms with Gasteiger partial charge in [-0.15, -0.1) is 0 Å². The highest BCUT2D eigenvalue weighted by Crippen LogP contribution is 2.28. The lowest BCUT2D eigenvalue weighted by atomic mass is 9.98. The monoisotopic (exact) mass is 584 g/mol.